The second kappa shape index (κ2) is 8.80. The first-order valence-electron chi connectivity index (χ1n) is 8.91. The van der Waals surface area contributed by atoms with Gasteiger partial charge in [-0.05, 0) is 29.8 Å². The van der Waals surface area contributed by atoms with Crippen LogP contribution in [-0.4, -0.2) is 43.4 Å². The highest BCUT2D eigenvalue weighted by Gasteiger charge is 2.19. The Morgan fingerprint density at radius 1 is 1.03 bits per heavy atom. The van der Waals surface area contributed by atoms with Gasteiger partial charge in [0, 0.05) is 24.1 Å². The predicted octanol–water partition coefficient (Wildman–Crippen LogP) is 2.71. The molecular formula is C20H19F2N3O5S. The first kappa shape index (κ1) is 22.3. The summed E-state index contributed by atoms with van der Waals surface area (Å²) in [5, 5.41) is -0.710. The van der Waals surface area contributed by atoms with E-state index in [9.17, 15) is 22.0 Å². The maximum Gasteiger partial charge on any atom is 0.280 e. The predicted molar refractivity (Wildman–Crippen MR) is 108 cm³/mol. The molecule has 0 atom stereocenters. The van der Waals surface area contributed by atoms with Gasteiger partial charge in [0.05, 0.1) is 26.5 Å². The zero-order valence-electron chi connectivity index (χ0n) is 16.9. The fraction of sp³-hybridized carbons (Fsp3) is 0.250. The normalized spacial score (nSPS) is 11.5. The Kier molecular flexibility index (Phi) is 6.34. The Balaban J connectivity index is 2.06. The van der Waals surface area contributed by atoms with E-state index in [1.165, 1.54) is 37.1 Å². The van der Waals surface area contributed by atoms with Crippen molar-refractivity contribution in [3.8, 4) is 22.8 Å². The second-order valence-electron chi connectivity index (χ2n) is 6.61. The van der Waals surface area contributed by atoms with Gasteiger partial charge in [0.2, 0.25) is 15.0 Å². The van der Waals surface area contributed by atoms with Gasteiger partial charge < -0.3 is 14.0 Å². The number of benzene rings is 1. The van der Waals surface area contributed by atoms with E-state index in [0.717, 1.165) is 17.9 Å². The van der Waals surface area contributed by atoms with Crippen molar-refractivity contribution in [2.24, 2.45) is 0 Å². The number of hydrogen-bond acceptors (Lipinski definition) is 7. The molecule has 0 fully saturated rings. The minimum atomic E-state index is -3.92. The van der Waals surface area contributed by atoms with Gasteiger partial charge in [0.15, 0.2) is 11.5 Å². The lowest BCUT2D eigenvalue weighted by atomic mass is 10.1. The lowest BCUT2D eigenvalue weighted by Gasteiger charge is -2.12. The average Bonchev–Trinajstić information content (AvgIpc) is 2.74. The zero-order chi connectivity index (χ0) is 22.8. The van der Waals surface area contributed by atoms with Crippen LogP contribution in [-0.2, 0) is 16.4 Å². The molecule has 0 spiro atoms. The van der Waals surface area contributed by atoms with Crippen molar-refractivity contribution in [2.75, 3.05) is 20.5 Å². The van der Waals surface area contributed by atoms with E-state index in [1.807, 2.05) is 0 Å². The van der Waals surface area contributed by atoms with Crippen molar-refractivity contribution < 1.29 is 26.7 Å². The van der Waals surface area contributed by atoms with Crippen molar-refractivity contribution >= 4 is 9.84 Å². The van der Waals surface area contributed by atoms with Crippen LogP contribution in [0.3, 0.4) is 0 Å². The number of rotatable bonds is 7. The van der Waals surface area contributed by atoms with E-state index in [2.05, 4.69) is 9.97 Å². The Hall–Kier alpha value is -3.34. The molecule has 2 aromatic heterocycles. The van der Waals surface area contributed by atoms with E-state index in [4.69, 9.17) is 9.47 Å². The van der Waals surface area contributed by atoms with Gasteiger partial charge in [0.25, 0.3) is 12.0 Å². The molecule has 0 radical (unpaired) electrons. The molecule has 8 nitrogen and oxygen atoms in total. The Bertz CT molecular complexity index is 1280. The quantitative estimate of drug-likeness (QED) is 0.509. The van der Waals surface area contributed by atoms with E-state index in [0.29, 0.717) is 11.5 Å². The molecule has 164 valence electrons. The zero-order valence-corrected chi connectivity index (χ0v) is 17.7. The van der Waals surface area contributed by atoms with Crippen LogP contribution in [0.1, 0.15) is 17.7 Å². The van der Waals surface area contributed by atoms with Crippen LogP contribution in [0.25, 0.3) is 11.3 Å². The molecule has 0 amide bonds. The second-order valence-corrected chi connectivity index (χ2v) is 8.52. The lowest BCUT2D eigenvalue weighted by Crippen LogP contribution is -2.19. The van der Waals surface area contributed by atoms with Gasteiger partial charge >= 0.3 is 0 Å². The summed E-state index contributed by atoms with van der Waals surface area (Å²) in [6.45, 7) is 0.152. The largest absolute Gasteiger partial charge is 0.493 e. The van der Waals surface area contributed by atoms with Crippen LogP contribution in [0, 0.1) is 0 Å². The van der Waals surface area contributed by atoms with Gasteiger partial charge in [-0.3, -0.25) is 4.79 Å². The van der Waals surface area contributed by atoms with E-state index in [1.54, 1.807) is 18.2 Å². The summed E-state index contributed by atoms with van der Waals surface area (Å²) in [4.78, 5) is 19.7. The lowest BCUT2D eigenvalue weighted by molar-refractivity contribution is 0.145. The molecule has 0 aliphatic carbocycles. The highest BCUT2D eigenvalue weighted by molar-refractivity contribution is 7.90. The number of nitrogens with zero attached hydrogens (tertiary/aromatic N) is 3. The number of halogens is 2. The third-order valence-electron chi connectivity index (χ3n) is 4.36. The van der Waals surface area contributed by atoms with Gasteiger partial charge in [-0.2, -0.15) is 0 Å². The summed E-state index contributed by atoms with van der Waals surface area (Å²) in [7, 11) is -0.925. The van der Waals surface area contributed by atoms with Crippen LogP contribution in [0.4, 0.5) is 8.78 Å². The topological polar surface area (TPSA) is 100 Å². The standard InChI is InChI=1S/C20H19F2N3O5S/c1-29-16-6-4-12(8-17(16)30-2)10-25-11-13(5-7-18(25)26)14-9-15(19(21)22)24-20(23-14)31(3,27)28/h4-9,11,19H,10H2,1-3H3. The number of ether oxygens (including phenoxy) is 2. The molecule has 0 N–H and O–H groups in total. The summed E-state index contributed by atoms with van der Waals surface area (Å²) in [5.74, 6) is 1.01. The summed E-state index contributed by atoms with van der Waals surface area (Å²) < 4.78 is 61.9. The number of hydrogen-bond donors (Lipinski definition) is 0. The number of sulfone groups is 1. The number of pyridine rings is 1. The van der Waals surface area contributed by atoms with Crippen LogP contribution in [0.2, 0.25) is 0 Å². The third-order valence-corrected chi connectivity index (χ3v) is 5.21. The SMILES string of the molecule is COc1ccc(Cn2cc(-c3cc(C(F)F)nc(S(C)(=O)=O)n3)ccc2=O)cc1OC. The molecule has 1 aromatic carbocycles. The first-order valence-corrected chi connectivity index (χ1v) is 10.8. The van der Waals surface area contributed by atoms with Gasteiger partial charge in [-0.15, -0.1) is 0 Å². The van der Waals surface area contributed by atoms with Crippen LogP contribution < -0.4 is 15.0 Å². The van der Waals surface area contributed by atoms with Crippen molar-refractivity contribution in [3.05, 3.63) is 64.2 Å². The molecule has 0 saturated carbocycles. The molecule has 31 heavy (non-hydrogen) atoms. The minimum Gasteiger partial charge on any atom is -0.493 e. The van der Waals surface area contributed by atoms with Crippen molar-refractivity contribution in [3.63, 3.8) is 0 Å². The van der Waals surface area contributed by atoms with E-state index >= 15 is 0 Å². The van der Waals surface area contributed by atoms with E-state index in [-0.39, 0.29) is 23.4 Å². The Labute approximate surface area is 177 Å². The fourth-order valence-corrected chi connectivity index (χ4v) is 3.39. The average molecular weight is 451 g/mol. The summed E-state index contributed by atoms with van der Waals surface area (Å²) in [6, 6.07) is 8.79. The molecule has 2 heterocycles. The number of alkyl halides is 2. The van der Waals surface area contributed by atoms with Crippen molar-refractivity contribution in [1.29, 1.82) is 0 Å². The third kappa shape index (κ3) is 5.05. The highest BCUT2D eigenvalue weighted by atomic mass is 32.2. The summed E-state index contributed by atoms with van der Waals surface area (Å²) >= 11 is 0. The molecule has 3 aromatic rings. The molecule has 0 bridgehead atoms. The summed E-state index contributed by atoms with van der Waals surface area (Å²) in [6.07, 6.45) is -0.734. The maximum atomic E-state index is 13.2. The van der Waals surface area contributed by atoms with Gasteiger partial charge in [-0.1, -0.05) is 6.07 Å². The van der Waals surface area contributed by atoms with Crippen molar-refractivity contribution in [2.45, 2.75) is 18.1 Å². The van der Waals surface area contributed by atoms with Crippen LogP contribution in [0.5, 0.6) is 11.5 Å². The van der Waals surface area contributed by atoms with E-state index < -0.39 is 27.1 Å². The molecule has 0 saturated heterocycles. The smallest absolute Gasteiger partial charge is 0.280 e. The fourth-order valence-electron chi connectivity index (χ4n) is 2.85. The van der Waals surface area contributed by atoms with Gasteiger partial charge in [0.1, 0.15) is 5.69 Å². The van der Waals surface area contributed by atoms with Crippen molar-refractivity contribution in [1.82, 2.24) is 14.5 Å². The van der Waals surface area contributed by atoms with Crippen LogP contribution >= 0.6 is 0 Å². The van der Waals surface area contributed by atoms with Gasteiger partial charge in [-0.25, -0.2) is 27.2 Å². The minimum absolute atomic E-state index is 0.0354. The van der Waals surface area contributed by atoms with Crippen LogP contribution in [0.15, 0.2) is 52.5 Å². The molecular weight excluding hydrogens is 432 g/mol. The molecule has 0 unspecified atom stereocenters. The Morgan fingerprint density at radius 3 is 2.35 bits per heavy atom. The Morgan fingerprint density at radius 2 is 1.74 bits per heavy atom. The molecule has 0 aliphatic rings. The number of methoxy groups -OCH3 is 2. The molecule has 3 rings (SSSR count). The number of aromatic nitrogens is 3. The maximum absolute atomic E-state index is 13.2. The monoisotopic (exact) mass is 451 g/mol. The highest BCUT2D eigenvalue weighted by Crippen LogP contribution is 2.28. The molecule has 0 aliphatic heterocycles. The molecule has 11 heteroatoms. The summed E-state index contributed by atoms with van der Waals surface area (Å²) in [5.41, 5.74) is -0.0844. The first-order chi connectivity index (χ1) is 14.6.